The van der Waals surface area contributed by atoms with E-state index < -0.39 is 0 Å². The van der Waals surface area contributed by atoms with Crippen LogP contribution in [0.15, 0.2) is 18.5 Å². The van der Waals surface area contributed by atoms with Crippen molar-refractivity contribution in [2.45, 2.75) is 39.3 Å². The topological polar surface area (TPSA) is 77.8 Å². The maximum Gasteiger partial charge on any atom is 0.233 e. The van der Waals surface area contributed by atoms with Gasteiger partial charge in [0.2, 0.25) is 5.88 Å². The normalized spacial score (nSPS) is 12.3. The van der Waals surface area contributed by atoms with Gasteiger partial charge in [-0.2, -0.15) is 10.2 Å². The predicted octanol–water partition coefficient (Wildman–Crippen LogP) is 1.38. The highest BCUT2D eigenvalue weighted by atomic mass is 16.5. The quantitative estimate of drug-likeness (QED) is 0.791. The molecule has 0 aromatic carbocycles. The third-order valence-corrected chi connectivity index (χ3v) is 3.20. The number of aromatic nitrogens is 5. The molecule has 2 aromatic rings. The van der Waals surface area contributed by atoms with Crippen LogP contribution >= 0.6 is 0 Å². The fourth-order valence-corrected chi connectivity index (χ4v) is 2.18. The number of hydrogen-bond acceptors (Lipinski definition) is 6. The summed E-state index contributed by atoms with van der Waals surface area (Å²) in [5.74, 6) is 1.48. The van der Waals surface area contributed by atoms with Crippen LogP contribution in [0.1, 0.15) is 37.8 Å². The first kappa shape index (κ1) is 15.4. The second kappa shape index (κ2) is 7.68. The molecular weight excluding hydrogens is 268 g/mol. The minimum absolute atomic E-state index is 0.0632. The number of aryl methyl sites for hydroxylation is 1. The fraction of sp³-hybridized carbons (Fsp3) is 0.571. The Labute approximate surface area is 124 Å². The van der Waals surface area contributed by atoms with E-state index in [-0.39, 0.29) is 6.04 Å². The molecule has 1 unspecified atom stereocenters. The Morgan fingerprint density at radius 1 is 1.29 bits per heavy atom. The van der Waals surface area contributed by atoms with E-state index in [2.05, 4.69) is 39.4 Å². The molecule has 1 N–H and O–H groups in total. The zero-order valence-electron chi connectivity index (χ0n) is 12.8. The summed E-state index contributed by atoms with van der Waals surface area (Å²) in [6, 6.07) is 3.82. The van der Waals surface area contributed by atoms with E-state index in [1.807, 2.05) is 16.8 Å². The summed E-state index contributed by atoms with van der Waals surface area (Å²) in [6.45, 7) is 5.92. The van der Waals surface area contributed by atoms with Crippen LogP contribution < -0.4 is 10.1 Å². The van der Waals surface area contributed by atoms with Crippen LogP contribution in [0.4, 0.5) is 0 Å². The van der Waals surface area contributed by atoms with Gasteiger partial charge in [-0.3, -0.25) is 4.68 Å². The predicted molar refractivity (Wildman–Crippen MR) is 79.0 cm³/mol. The van der Waals surface area contributed by atoms with Gasteiger partial charge in [-0.1, -0.05) is 13.8 Å². The number of nitrogens with zero attached hydrogens (tertiary/aromatic N) is 5. The summed E-state index contributed by atoms with van der Waals surface area (Å²) in [5, 5.41) is 15.9. The van der Waals surface area contributed by atoms with Crippen molar-refractivity contribution in [2.75, 3.05) is 13.7 Å². The summed E-state index contributed by atoms with van der Waals surface area (Å²) < 4.78 is 6.99. The number of nitrogens with one attached hydrogen (secondary N) is 1. The molecular formula is C14H22N6O. The number of ether oxygens (including phenoxy) is 1. The lowest BCUT2D eigenvalue weighted by atomic mass is 10.1. The average molecular weight is 290 g/mol. The lowest BCUT2D eigenvalue weighted by molar-refractivity contribution is 0.388. The molecule has 0 aliphatic carbocycles. The van der Waals surface area contributed by atoms with E-state index in [1.165, 1.54) is 0 Å². The first-order chi connectivity index (χ1) is 10.3. The zero-order valence-corrected chi connectivity index (χ0v) is 12.8. The Hall–Kier alpha value is -2.02. The molecule has 0 radical (unpaired) electrons. The molecule has 0 amide bonds. The highest BCUT2D eigenvalue weighted by molar-refractivity contribution is 5.15. The Morgan fingerprint density at radius 2 is 2.14 bits per heavy atom. The van der Waals surface area contributed by atoms with Gasteiger partial charge in [-0.05, 0) is 19.0 Å². The molecule has 0 fully saturated rings. The number of rotatable bonds is 8. The molecule has 2 heterocycles. The summed E-state index contributed by atoms with van der Waals surface area (Å²) in [5.41, 5.74) is 0.878. The summed E-state index contributed by atoms with van der Waals surface area (Å²) in [6.07, 6.45) is 3.37. The number of hydrogen-bond donors (Lipinski definition) is 1. The van der Waals surface area contributed by atoms with Gasteiger partial charge < -0.3 is 10.1 Å². The van der Waals surface area contributed by atoms with Crippen molar-refractivity contribution in [1.29, 1.82) is 0 Å². The van der Waals surface area contributed by atoms with Gasteiger partial charge in [0, 0.05) is 19.0 Å². The Bertz CT molecular complexity index is 539. The number of methoxy groups -OCH3 is 1. The summed E-state index contributed by atoms with van der Waals surface area (Å²) >= 11 is 0. The molecule has 1 atom stereocenters. The molecule has 2 aromatic heterocycles. The zero-order chi connectivity index (χ0) is 15.1. The van der Waals surface area contributed by atoms with Gasteiger partial charge in [0.05, 0.1) is 18.8 Å². The van der Waals surface area contributed by atoms with E-state index in [0.717, 1.165) is 37.4 Å². The highest BCUT2D eigenvalue weighted by Gasteiger charge is 2.17. The van der Waals surface area contributed by atoms with Crippen LogP contribution in [-0.4, -0.2) is 38.6 Å². The molecule has 0 spiro atoms. The molecule has 2 rings (SSSR count). The van der Waals surface area contributed by atoms with Crippen LogP contribution in [0, 0.1) is 0 Å². The Kier molecular flexibility index (Phi) is 5.62. The minimum atomic E-state index is 0.0632. The van der Waals surface area contributed by atoms with E-state index in [1.54, 1.807) is 13.4 Å². The van der Waals surface area contributed by atoms with Crippen molar-refractivity contribution in [3.05, 3.63) is 30.0 Å². The maximum absolute atomic E-state index is 5.05. The molecule has 7 heteroatoms. The van der Waals surface area contributed by atoms with Crippen molar-refractivity contribution in [3.63, 3.8) is 0 Å². The first-order valence-corrected chi connectivity index (χ1v) is 7.26. The third-order valence-electron chi connectivity index (χ3n) is 3.20. The molecule has 0 aliphatic rings. The molecule has 0 saturated heterocycles. The van der Waals surface area contributed by atoms with Gasteiger partial charge in [0.1, 0.15) is 12.2 Å². The third kappa shape index (κ3) is 3.98. The van der Waals surface area contributed by atoms with Gasteiger partial charge >= 0.3 is 0 Å². The van der Waals surface area contributed by atoms with Crippen LogP contribution in [0.5, 0.6) is 5.88 Å². The maximum atomic E-state index is 5.05. The van der Waals surface area contributed by atoms with Gasteiger partial charge in [0.25, 0.3) is 0 Å². The van der Waals surface area contributed by atoms with E-state index in [9.17, 15) is 0 Å². The van der Waals surface area contributed by atoms with Crippen molar-refractivity contribution < 1.29 is 4.74 Å². The van der Waals surface area contributed by atoms with Crippen molar-refractivity contribution in [3.8, 4) is 5.88 Å². The Morgan fingerprint density at radius 3 is 2.76 bits per heavy atom. The van der Waals surface area contributed by atoms with Crippen molar-refractivity contribution in [2.24, 2.45) is 0 Å². The monoisotopic (exact) mass is 290 g/mol. The molecule has 7 nitrogen and oxygen atoms in total. The van der Waals surface area contributed by atoms with E-state index >= 15 is 0 Å². The highest BCUT2D eigenvalue weighted by Crippen LogP contribution is 2.16. The minimum Gasteiger partial charge on any atom is -0.480 e. The standard InChI is InChI=1S/C14H22N6O/c1-4-8-20-13(16-10-17-20)9-12(15-5-2)11-6-7-14(21-3)19-18-11/h6-7,10,12,15H,4-5,8-9H2,1-3H3. The second-order valence-electron chi connectivity index (χ2n) is 4.71. The van der Waals surface area contributed by atoms with Crippen molar-refractivity contribution in [1.82, 2.24) is 30.3 Å². The molecule has 0 saturated carbocycles. The molecule has 0 bridgehead atoms. The summed E-state index contributed by atoms with van der Waals surface area (Å²) in [4.78, 5) is 4.36. The first-order valence-electron chi connectivity index (χ1n) is 7.26. The molecule has 114 valence electrons. The van der Waals surface area contributed by atoms with Gasteiger partial charge in [-0.25, -0.2) is 4.98 Å². The van der Waals surface area contributed by atoms with Crippen LogP contribution in [0.3, 0.4) is 0 Å². The van der Waals surface area contributed by atoms with Crippen LogP contribution in [0.2, 0.25) is 0 Å². The van der Waals surface area contributed by atoms with Gasteiger partial charge in [-0.15, -0.1) is 5.10 Å². The number of likely N-dealkylation sites (N-methyl/N-ethyl adjacent to an activating group) is 1. The van der Waals surface area contributed by atoms with E-state index in [0.29, 0.717) is 5.88 Å². The average Bonchev–Trinajstić information content (AvgIpc) is 2.94. The largest absolute Gasteiger partial charge is 0.480 e. The van der Waals surface area contributed by atoms with Crippen molar-refractivity contribution >= 4 is 0 Å². The lowest BCUT2D eigenvalue weighted by Gasteiger charge is -2.17. The van der Waals surface area contributed by atoms with E-state index in [4.69, 9.17) is 4.74 Å². The smallest absolute Gasteiger partial charge is 0.233 e. The van der Waals surface area contributed by atoms with Gasteiger partial charge in [0.15, 0.2) is 0 Å². The fourth-order valence-electron chi connectivity index (χ4n) is 2.18. The van der Waals surface area contributed by atoms with Crippen LogP contribution in [-0.2, 0) is 13.0 Å². The SMILES string of the molecule is CCCn1ncnc1CC(NCC)c1ccc(OC)nn1. The molecule has 21 heavy (non-hydrogen) atoms. The van der Waals surface area contributed by atoms with Crippen LogP contribution in [0.25, 0.3) is 0 Å². The second-order valence-corrected chi connectivity index (χ2v) is 4.71. The Balaban J connectivity index is 2.15. The summed E-state index contributed by atoms with van der Waals surface area (Å²) in [7, 11) is 1.58. The molecule has 0 aliphatic heterocycles. The lowest BCUT2D eigenvalue weighted by Crippen LogP contribution is -2.25.